The summed E-state index contributed by atoms with van der Waals surface area (Å²) in [6.07, 6.45) is -12.4. The molecule has 62 heavy (non-hydrogen) atoms. The van der Waals surface area contributed by atoms with Gasteiger partial charge >= 0.3 is 23.9 Å². The zero-order valence-corrected chi connectivity index (χ0v) is 30.7. The smallest absolute Gasteiger partial charge is 0.338 e. The first kappa shape index (κ1) is 43.9. The predicted octanol–water partition coefficient (Wildman–Crippen LogP) is 8.02. The number of hydrogen-bond acceptors (Lipinski definition) is 10. The lowest BCUT2D eigenvalue weighted by Crippen LogP contribution is -2.66. The number of ether oxygens (including phenoxy) is 6. The monoisotopic (exact) mass is 892 g/mol. The van der Waals surface area contributed by atoms with Crippen LogP contribution in [0.2, 0.25) is 0 Å². The lowest BCUT2D eigenvalue weighted by Gasteiger charge is -2.44. The Morgan fingerprint density at radius 3 is 0.855 bits per heavy atom. The molecule has 0 N–H and O–H groups in total. The van der Waals surface area contributed by atoms with Crippen molar-refractivity contribution in [1.29, 1.82) is 0 Å². The first-order valence-electron chi connectivity index (χ1n) is 18.0. The van der Waals surface area contributed by atoms with Gasteiger partial charge in [-0.25, -0.2) is 71.9 Å². The number of fused-ring (bicyclic) bond motifs is 1. The summed E-state index contributed by atoms with van der Waals surface area (Å²) in [5.74, 6) is -32.6. The fraction of sp³-hybridized carbons (Fsp3) is 0.300. The summed E-state index contributed by atoms with van der Waals surface area (Å²) in [5.41, 5.74) is -4.39. The Morgan fingerprint density at radius 1 is 0.387 bits per heavy atom. The van der Waals surface area contributed by atoms with E-state index in [1.165, 1.54) is 0 Å². The quantitative estimate of drug-likeness (QED) is 0.0744. The van der Waals surface area contributed by atoms with Crippen molar-refractivity contribution < 1.29 is 100 Å². The second-order valence-corrected chi connectivity index (χ2v) is 14.1. The van der Waals surface area contributed by atoms with Crippen LogP contribution < -0.4 is 0 Å². The Bertz CT molecular complexity index is 2240. The van der Waals surface area contributed by atoms with Crippen molar-refractivity contribution in [1.82, 2.24) is 0 Å². The second-order valence-electron chi connectivity index (χ2n) is 14.1. The van der Waals surface area contributed by atoms with Gasteiger partial charge in [-0.3, -0.25) is 0 Å². The molecule has 0 aromatic heterocycles. The van der Waals surface area contributed by atoms with Crippen LogP contribution in [0.4, 0.5) is 52.7 Å². The first-order valence-corrected chi connectivity index (χ1v) is 18.0. The molecular weight excluding hydrogens is 868 g/mol. The van der Waals surface area contributed by atoms with E-state index in [4.69, 9.17) is 28.4 Å². The third-order valence-corrected chi connectivity index (χ3v) is 10.1. The molecule has 2 saturated carbocycles. The maximum Gasteiger partial charge on any atom is 0.338 e. The second kappa shape index (κ2) is 17.0. The van der Waals surface area contributed by atoms with E-state index in [-0.39, 0.29) is 61.4 Å². The largest absolute Gasteiger partial charge is 0.452 e. The van der Waals surface area contributed by atoms with E-state index in [0.717, 1.165) is 0 Å². The highest BCUT2D eigenvalue weighted by atomic mass is 19.2. The first-order chi connectivity index (χ1) is 29.3. The van der Waals surface area contributed by atoms with Gasteiger partial charge in [0.15, 0.2) is 100 Å². The Morgan fingerprint density at radius 2 is 0.613 bits per heavy atom. The molecule has 6 atom stereocenters. The number of benzene rings is 4. The molecule has 3 aliphatic rings. The van der Waals surface area contributed by atoms with E-state index in [1.807, 2.05) is 0 Å². The SMILES string of the molecule is O=C(OC1C(OC(=O)c2cc(F)c(F)c(F)c2)[C@@H](OC(=O)c2cc(F)c(F)c(F)c2)[C@@H]2OC3(CCCCC3)OC2[C@H]1OC(=O)c1cc(F)c(F)c(F)c1)c1cc(F)c(F)c(F)c1. The van der Waals surface area contributed by atoms with Crippen LogP contribution in [0.3, 0.4) is 0 Å². The van der Waals surface area contributed by atoms with Gasteiger partial charge in [0.25, 0.3) is 0 Å². The van der Waals surface area contributed by atoms with Crippen LogP contribution in [0.15, 0.2) is 48.5 Å². The van der Waals surface area contributed by atoms with Crippen LogP contribution in [0.5, 0.6) is 0 Å². The van der Waals surface area contributed by atoms with E-state index in [0.29, 0.717) is 19.3 Å². The summed E-state index contributed by atoms with van der Waals surface area (Å²) in [7, 11) is 0. The van der Waals surface area contributed by atoms with Crippen LogP contribution in [-0.4, -0.2) is 66.3 Å². The molecule has 4 aromatic rings. The molecule has 1 aliphatic heterocycles. The zero-order valence-electron chi connectivity index (χ0n) is 30.7. The van der Waals surface area contributed by atoms with Gasteiger partial charge in [0.2, 0.25) is 0 Å². The Labute approximate surface area is 339 Å². The molecule has 2 aliphatic carbocycles. The number of hydrogen-bond donors (Lipinski definition) is 0. The maximum atomic E-state index is 14.4. The van der Waals surface area contributed by atoms with Crippen LogP contribution in [0, 0.1) is 69.8 Å². The van der Waals surface area contributed by atoms with Crippen molar-refractivity contribution in [3.63, 3.8) is 0 Å². The van der Waals surface area contributed by atoms with E-state index in [1.54, 1.807) is 0 Å². The van der Waals surface area contributed by atoms with Crippen LogP contribution in [-0.2, 0) is 28.4 Å². The molecule has 7 rings (SSSR count). The Kier molecular flexibility index (Phi) is 12.0. The summed E-state index contributed by atoms with van der Waals surface area (Å²) in [5, 5.41) is 0. The van der Waals surface area contributed by atoms with Gasteiger partial charge in [0, 0.05) is 12.8 Å². The highest BCUT2D eigenvalue weighted by molar-refractivity contribution is 5.92. The topological polar surface area (TPSA) is 124 Å². The van der Waals surface area contributed by atoms with Crippen LogP contribution in [0.25, 0.3) is 0 Å². The standard InChI is InChI=1S/C40H24F12O10/c41-18-6-14(7-19(42)26(18)49)36(53)57-30-31(58-37(54)15-8-20(43)27(50)21(44)9-15)33(60-39(56)17-12-24(47)29(52)25(48)13-17)35-34(61-40(62-35)4-2-1-3-5-40)32(30)59-38(55)16-10-22(45)28(51)23(46)11-16/h6-13,30-35H,1-5H2/t30?,31?,32-,33+,34+,35?/m1/s1. The van der Waals surface area contributed by atoms with Gasteiger partial charge in [0.05, 0.1) is 22.3 Å². The summed E-state index contributed by atoms with van der Waals surface area (Å²) in [6, 6.07) is 1.13. The van der Waals surface area contributed by atoms with E-state index >= 15 is 0 Å². The van der Waals surface area contributed by atoms with Crippen LogP contribution >= 0.6 is 0 Å². The molecule has 0 bridgehead atoms. The fourth-order valence-corrected chi connectivity index (χ4v) is 7.24. The van der Waals surface area contributed by atoms with E-state index in [9.17, 15) is 71.9 Å². The highest BCUT2D eigenvalue weighted by Gasteiger charge is 2.65. The molecule has 328 valence electrons. The minimum atomic E-state index is -2.60. The summed E-state index contributed by atoms with van der Waals surface area (Å²) in [4.78, 5) is 54.7. The molecule has 0 amide bonds. The third-order valence-electron chi connectivity index (χ3n) is 10.1. The predicted molar refractivity (Wildman–Crippen MR) is 178 cm³/mol. The van der Waals surface area contributed by atoms with E-state index in [2.05, 4.69) is 0 Å². The lowest BCUT2D eigenvalue weighted by atomic mass is 9.84. The van der Waals surface area contributed by atoms with Gasteiger partial charge < -0.3 is 28.4 Å². The van der Waals surface area contributed by atoms with Crippen molar-refractivity contribution >= 4 is 23.9 Å². The summed E-state index contributed by atoms with van der Waals surface area (Å²) < 4.78 is 205. The Hall–Kier alpha value is -6.16. The van der Waals surface area contributed by atoms with Crippen molar-refractivity contribution in [2.24, 2.45) is 0 Å². The number of carbonyl (C=O) groups excluding carboxylic acids is 4. The molecule has 1 saturated heterocycles. The maximum absolute atomic E-state index is 14.4. The van der Waals surface area contributed by atoms with Gasteiger partial charge in [0.1, 0.15) is 12.2 Å². The van der Waals surface area contributed by atoms with Crippen molar-refractivity contribution in [3.05, 3.63) is 141 Å². The Balaban J connectivity index is 1.40. The molecule has 4 aromatic carbocycles. The molecule has 10 nitrogen and oxygen atoms in total. The van der Waals surface area contributed by atoms with Crippen molar-refractivity contribution in [3.8, 4) is 0 Å². The molecule has 22 heteroatoms. The molecule has 3 unspecified atom stereocenters. The highest BCUT2D eigenvalue weighted by Crippen LogP contribution is 2.48. The van der Waals surface area contributed by atoms with E-state index < -0.39 is 158 Å². The minimum absolute atomic E-state index is 0.0152. The summed E-state index contributed by atoms with van der Waals surface area (Å²) in [6.45, 7) is 0. The number of esters is 4. The van der Waals surface area contributed by atoms with Crippen LogP contribution in [0.1, 0.15) is 73.5 Å². The average molecular weight is 893 g/mol. The average Bonchev–Trinajstić information content (AvgIpc) is 3.59. The molecule has 3 fully saturated rings. The number of carbonyl (C=O) groups is 4. The van der Waals surface area contributed by atoms with Gasteiger partial charge in [-0.05, 0) is 61.4 Å². The lowest BCUT2D eigenvalue weighted by molar-refractivity contribution is -0.203. The van der Waals surface area contributed by atoms with Crippen molar-refractivity contribution in [2.45, 2.75) is 74.5 Å². The number of halogens is 12. The molecule has 1 heterocycles. The van der Waals surface area contributed by atoms with Gasteiger partial charge in [-0.2, -0.15) is 0 Å². The molecule has 0 radical (unpaired) electrons. The summed E-state index contributed by atoms with van der Waals surface area (Å²) >= 11 is 0. The normalized spacial score (nSPS) is 22.8. The minimum Gasteiger partial charge on any atom is -0.452 e. The van der Waals surface area contributed by atoms with Gasteiger partial charge in [-0.1, -0.05) is 6.42 Å². The fourth-order valence-electron chi connectivity index (χ4n) is 7.24. The third kappa shape index (κ3) is 8.39. The molecule has 1 spiro atoms. The number of rotatable bonds is 8. The van der Waals surface area contributed by atoms with Gasteiger partial charge in [-0.15, -0.1) is 0 Å². The zero-order chi connectivity index (χ0) is 44.9. The molecular formula is C40H24F12O10. The van der Waals surface area contributed by atoms with Crippen molar-refractivity contribution in [2.75, 3.05) is 0 Å².